The predicted molar refractivity (Wildman–Crippen MR) is 119 cm³/mol. The summed E-state index contributed by atoms with van der Waals surface area (Å²) in [5.74, 6) is 0.587. The molecular formula is C23H23N3O4S. The molecule has 0 bridgehead atoms. The van der Waals surface area contributed by atoms with Crippen molar-refractivity contribution in [2.45, 2.75) is 6.92 Å². The molecule has 0 saturated carbocycles. The molecule has 2 heterocycles. The van der Waals surface area contributed by atoms with E-state index in [1.807, 2.05) is 37.3 Å². The smallest absolute Gasteiger partial charge is 0.273 e. The Bertz CT molecular complexity index is 1100. The van der Waals surface area contributed by atoms with Crippen molar-refractivity contribution >= 4 is 23.2 Å². The number of nitrogens with one attached hydrogen (secondary N) is 1. The number of rotatable bonds is 6. The highest BCUT2D eigenvalue weighted by Gasteiger charge is 2.23. The van der Waals surface area contributed by atoms with Crippen LogP contribution in [0.15, 0.2) is 48.5 Å². The average molecular weight is 438 g/mol. The van der Waals surface area contributed by atoms with Gasteiger partial charge in [-0.3, -0.25) is 9.59 Å². The van der Waals surface area contributed by atoms with Gasteiger partial charge in [-0.2, -0.15) is 0 Å². The molecule has 7 nitrogen and oxygen atoms in total. The first-order valence-electron chi connectivity index (χ1n) is 9.99. The third-order valence-corrected chi connectivity index (χ3v) is 5.88. The van der Waals surface area contributed by atoms with E-state index in [1.165, 1.54) is 11.3 Å². The molecule has 0 spiro atoms. The lowest BCUT2D eigenvalue weighted by Crippen LogP contribution is -2.36. The molecule has 160 valence electrons. The Kier molecular flexibility index (Phi) is 6.18. The molecule has 0 radical (unpaired) electrons. The lowest BCUT2D eigenvalue weighted by molar-refractivity contribution is 0.0782. The fraction of sp³-hybridized carbons (Fsp3) is 0.261. The van der Waals surface area contributed by atoms with Crippen LogP contribution in [0.1, 0.15) is 25.9 Å². The van der Waals surface area contributed by atoms with Crippen molar-refractivity contribution in [3.05, 3.63) is 64.8 Å². The van der Waals surface area contributed by atoms with Gasteiger partial charge in [0.25, 0.3) is 11.8 Å². The second-order valence-corrected chi connectivity index (χ2v) is 8.29. The van der Waals surface area contributed by atoms with E-state index >= 15 is 0 Å². The second-order valence-electron chi connectivity index (χ2n) is 7.09. The van der Waals surface area contributed by atoms with Gasteiger partial charge in [-0.05, 0) is 24.6 Å². The number of aryl methyl sites for hydroxylation is 1. The number of para-hydroxylation sites is 1. The molecule has 3 aromatic rings. The van der Waals surface area contributed by atoms with Gasteiger partial charge >= 0.3 is 0 Å². The SMILES string of the molecule is Cc1nc(C(=O)N(C)CCNC(=O)c2cccc3c2OCCO3)c(-c2ccccc2)s1. The lowest BCUT2D eigenvalue weighted by atomic mass is 10.1. The normalized spacial score (nSPS) is 12.3. The van der Waals surface area contributed by atoms with E-state index in [9.17, 15) is 9.59 Å². The van der Waals surface area contributed by atoms with Crippen LogP contribution in [0.5, 0.6) is 11.5 Å². The van der Waals surface area contributed by atoms with Crippen LogP contribution < -0.4 is 14.8 Å². The second kappa shape index (κ2) is 9.18. The standard InChI is InChI=1S/C23H23N3O4S/c1-15-25-19(21(31-15)16-7-4-3-5-8-16)23(28)26(2)12-11-24-22(27)17-9-6-10-18-20(17)30-14-13-29-18/h3-10H,11-14H2,1-2H3,(H,24,27). The molecule has 1 aliphatic heterocycles. The Morgan fingerprint density at radius 1 is 1.10 bits per heavy atom. The predicted octanol–water partition coefficient (Wildman–Crippen LogP) is 3.39. The molecule has 0 saturated heterocycles. The molecule has 8 heteroatoms. The molecule has 0 atom stereocenters. The molecule has 1 aromatic heterocycles. The van der Waals surface area contributed by atoms with Crippen LogP contribution in [0.3, 0.4) is 0 Å². The molecule has 4 rings (SSSR count). The van der Waals surface area contributed by atoms with Gasteiger partial charge in [-0.15, -0.1) is 11.3 Å². The molecule has 2 aromatic carbocycles. The summed E-state index contributed by atoms with van der Waals surface area (Å²) >= 11 is 1.50. The quantitative estimate of drug-likeness (QED) is 0.639. The Balaban J connectivity index is 1.39. The number of amides is 2. The topological polar surface area (TPSA) is 80.8 Å². The van der Waals surface area contributed by atoms with Gasteiger partial charge in [-0.1, -0.05) is 36.4 Å². The van der Waals surface area contributed by atoms with Crippen LogP contribution in [-0.2, 0) is 0 Å². The molecule has 0 unspecified atom stereocenters. The zero-order valence-electron chi connectivity index (χ0n) is 17.4. The van der Waals surface area contributed by atoms with Crippen LogP contribution >= 0.6 is 11.3 Å². The van der Waals surface area contributed by atoms with Gasteiger partial charge in [0, 0.05) is 20.1 Å². The van der Waals surface area contributed by atoms with Crippen LogP contribution in [0, 0.1) is 6.92 Å². The van der Waals surface area contributed by atoms with Crippen molar-refractivity contribution in [3.8, 4) is 21.9 Å². The maximum atomic E-state index is 13.0. The average Bonchev–Trinajstić information content (AvgIpc) is 3.20. The first kappa shape index (κ1) is 20.9. The van der Waals surface area contributed by atoms with Gasteiger partial charge in [0.2, 0.25) is 0 Å². The van der Waals surface area contributed by atoms with E-state index in [0.717, 1.165) is 15.4 Å². The van der Waals surface area contributed by atoms with Gasteiger partial charge in [0.15, 0.2) is 11.5 Å². The van der Waals surface area contributed by atoms with E-state index in [2.05, 4.69) is 10.3 Å². The highest BCUT2D eigenvalue weighted by atomic mass is 32.1. The molecule has 31 heavy (non-hydrogen) atoms. The summed E-state index contributed by atoms with van der Waals surface area (Å²) in [6.07, 6.45) is 0. The van der Waals surface area contributed by atoms with Crippen LogP contribution in [-0.4, -0.2) is 55.0 Å². The van der Waals surface area contributed by atoms with Crippen LogP contribution in [0.4, 0.5) is 0 Å². The van der Waals surface area contributed by atoms with Gasteiger partial charge in [0.1, 0.15) is 18.9 Å². The third kappa shape index (κ3) is 4.54. The highest BCUT2D eigenvalue weighted by Crippen LogP contribution is 2.33. The Labute approximate surface area is 184 Å². The van der Waals surface area contributed by atoms with Gasteiger partial charge < -0.3 is 19.7 Å². The van der Waals surface area contributed by atoms with E-state index in [0.29, 0.717) is 49.1 Å². The van der Waals surface area contributed by atoms with Crippen molar-refractivity contribution in [2.75, 3.05) is 33.4 Å². The summed E-state index contributed by atoms with van der Waals surface area (Å²) in [5.41, 5.74) is 1.83. The van der Waals surface area contributed by atoms with E-state index in [-0.39, 0.29) is 11.8 Å². The number of likely N-dealkylation sites (N-methyl/N-ethyl adjacent to an activating group) is 1. The van der Waals surface area contributed by atoms with Crippen molar-refractivity contribution in [2.24, 2.45) is 0 Å². The first-order chi connectivity index (χ1) is 15.0. The fourth-order valence-electron chi connectivity index (χ4n) is 3.32. The number of nitrogens with zero attached hydrogens (tertiary/aromatic N) is 2. The zero-order chi connectivity index (χ0) is 21.8. The van der Waals surface area contributed by atoms with Crippen molar-refractivity contribution in [3.63, 3.8) is 0 Å². The largest absolute Gasteiger partial charge is 0.486 e. The highest BCUT2D eigenvalue weighted by molar-refractivity contribution is 7.15. The summed E-state index contributed by atoms with van der Waals surface area (Å²) in [6, 6.07) is 15.0. The van der Waals surface area contributed by atoms with Gasteiger partial charge in [-0.25, -0.2) is 4.98 Å². The molecular weight excluding hydrogens is 414 g/mol. The monoisotopic (exact) mass is 437 g/mol. The number of fused-ring (bicyclic) bond motifs is 1. The zero-order valence-corrected chi connectivity index (χ0v) is 18.2. The number of ether oxygens (including phenoxy) is 2. The summed E-state index contributed by atoms with van der Waals surface area (Å²) in [4.78, 5) is 32.5. The molecule has 1 aliphatic rings. The number of hydrogen-bond acceptors (Lipinski definition) is 6. The van der Waals surface area contributed by atoms with Crippen LogP contribution in [0.2, 0.25) is 0 Å². The van der Waals surface area contributed by atoms with E-state index < -0.39 is 0 Å². The van der Waals surface area contributed by atoms with Crippen molar-refractivity contribution in [1.82, 2.24) is 15.2 Å². The minimum absolute atomic E-state index is 0.175. The minimum atomic E-state index is -0.266. The maximum Gasteiger partial charge on any atom is 0.273 e. The number of thiazole rings is 1. The molecule has 2 amide bonds. The van der Waals surface area contributed by atoms with E-state index in [4.69, 9.17) is 9.47 Å². The Hall–Kier alpha value is -3.39. The number of carbonyl (C=O) groups is 2. The minimum Gasteiger partial charge on any atom is -0.486 e. The maximum absolute atomic E-state index is 13.0. The summed E-state index contributed by atoms with van der Waals surface area (Å²) in [6.45, 7) is 3.41. The summed E-state index contributed by atoms with van der Waals surface area (Å²) in [5, 5.41) is 3.68. The first-order valence-corrected chi connectivity index (χ1v) is 10.8. The lowest BCUT2D eigenvalue weighted by Gasteiger charge is -2.21. The Morgan fingerprint density at radius 3 is 2.68 bits per heavy atom. The van der Waals surface area contributed by atoms with E-state index in [1.54, 1.807) is 30.1 Å². The molecule has 1 N–H and O–H groups in total. The third-order valence-electron chi connectivity index (χ3n) is 4.86. The summed E-state index contributed by atoms with van der Waals surface area (Å²) in [7, 11) is 1.71. The van der Waals surface area contributed by atoms with Crippen LogP contribution in [0.25, 0.3) is 10.4 Å². The molecule has 0 aliphatic carbocycles. The number of benzene rings is 2. The number of carbonyl (C=O) groups excluding carboxylic acids is 2. The number of hydrogen-bond donors (Lipinski definition) is 1. The summed E-state index contributed by atoms with van der Waals surface area (Å²) < 4.78 is 11.1. The van der Waals surface area contributed by atoms with Crippen molar-refractivity contribution < 1.29 is 19.1 Å². The van der Waals surface area contributed by atoms with Gasteiger partial charge in [0.05, 0.1) is 15.4 Å². The molecule has 0 fully saturated rings. The van der Waals surface area contributed by atoms with Crippen molar-refractivity contribution in [1.29, 1.82) is 0 Å². The fourth-order valence-corrected chi connectivity index (χ4v) is 4.24. The Morgan fingerprint density at radius 2 is 1.87 bits per heavy atom. The number of aromatic nitrogens is 1.